The Kier molecular flexibility index (Phi) is 3.19. The Hall–Kier alpha value is -2.54. The molecule has 1 aliphatic rings. The van der Waals surface area contributed by atoms with Crippen LogP contribution in [0.3, 0.4) is 0 Å². The molecule has 0 amide bonds. The summed E-state index contributed by atoms with van der Waals surface area (Å²) < 4.78 is 15.5. The second-order valence-electron chi connectivity index (χ2n) is 5.30. The molecule has 3 aromatic heterocycles. The zero-order valence-electron chi connectivity index (χ0n) is 11.8. The Bertz CT molecular complexity index is 801. The minimum atomic E-state index is -0.914. The quantitative estimate of drug-likeness (QED) is 0.767. The summed E-state index contributed by atoms with van der Waals surface area (Å²) in [5, 5.41) is 10.4. The fraction of sp³-hybridized carbons (Fsp3) is 0.267. The Balaban J connectivity index is 1.67. The second kappa shape index (κ2) is 5.34. The van der Waals surface area contributed by atoms with Gasteiger partial charge in [0, 0.05) is 24.8 Å². The van der Waals surface area contributed by atoms with Crippen LogP contribution >= 0.6 is 0 Å². The van der Waals surface area contributed by atoms with E-state index in [0.717, 1.165) is 11.1 Å². The third kappa shape index (κ3) is 2.29. The first-order chi connectivity index (χ1) is 10.8. The van der Waals surface area contributed by atoms with Crippen LogP contribution in [0.1, 0.15) is 0 Å². The average Bonchev–Trinajstić information content (AvgIpc) is 3.14. The van der Waals surface area contributed by atoms with Crippen molar-refractivity contribution in [3.63, 3.8) is 0 Å². The molecule has 3 aromatic rings. The summed E-state index contributed by atoms with van der Waals surface area (Å²) in [6.45, 7) is 0.961. The second-order valence-corrected chi connectivity index (χ2v) is 5.30. The highest BCUT2D eigenvalue weighted by Crippen LogP contribution is 2.23. The molecule has 4 rings (SSSR count). The number of fused-ring (bicyclic) bond motifs is 1. The van der Waals surface area contributed by atoms with Crippen molar-refractivity contribution < 1.29 is 4.39 Å². The Morgan fingerprint density at radius 2 is 2.18 bits per heavy atom. The number of nitrogens with one attached hydrogen (secondary N) is 2. The molecule has 0 aromatic carbocycles. The smallest absolute Gasteiger partial charge is 0.145 e. The van der Waals surface area contributed by atoms with Crippen LogP contribution < -0.4 is 10.6 Å². The van der Waals surface area contributed by atoms with Gasteiger partial charge >= 0.3 is 0 Å². The van der Waals surface area contributed by atoms with Gasteiger partial charge in [0.25, 0.3) is 0 Å². The van der Waals surface area contributed by atoms with Gasteiger partial charge in [0.15, 0.2) is 0 Å². The van der Waals surface area contributed by atoms with Crippen LogP contribution in [0.2, 0.25) is 0 Å². The summed E-state index contributed by atoms with van der Waals surface area (Å²) in [5.41, 5.74) is 2.57. The summed E-state index contributed by atoms with van der Waals surface area (Å²) in [4.78, 5) is 8.75. The topological polar surface area (TPSA) is 67.1 Å². The number of aromatic nitrogens is 4. The standard InChI is InChI=1S/C15H15FN6/c16-11-6-17-8-13(11)21-15-9-18-7-12(20-15)10-5-19-22-4-2-1-3-14(10)22/h1-5,7,9,11,13,17H,6,8H2,(H,20,21)/t11-,13-/m0/s1. The highest BCUT2D eigenvalue weighted by Gasteiger charge is 2.26. The molecule has 2 N–H and O–H groups in total. The molecule has 7 heteroatoms. The number of hydrogen-bond donors (Lipinski definition) is 2. The lowest BCUT2D eigenvalue weighted by molar-refractivity contribution is 0.342. The van der Waals surface area contributed by atoms with Crippen LogP contribution in [0, 0.1) is 0 Å². The number of nitrogens with zero attached hydrogens (tertiary/aromatic N) is 4. The lowest BCUT2D eigenvalue weighted by Gasteiger charge is -2.14. The molecule has 1 saturated heterocycles. The van der Waals surface area contributed by atoms with Crippen LogP contribution in [0.5, 0.6) is 0 Å². The first-order valence-electron chi connectivity index (χ1n) is 7.17. The predicted octanol–water partition coefficient (Wildman–Crippen LogP) is 1.51. The van der Waals surface area contributed by atoms with E-state index < -0.39 is 6.17 Å². The molecule has 0 radical (unpaired) electrons. The van der Waals surface area contributed by atoms with E-state index in [1.807, 2.05) is 24.4 Å². The lowest BCUT2D eigenvalue weighted by Crippen LogP contribution is -2.29. The van der Waals surface area contributed by atoms with Crippen molar-refractivity contribution in [3.05, 3.63) is 43.0 Å². The van der Waals surface area contributed by atoms with Crippen molar-refractivity contribution >= 4 is 11.3 Å². The minimum absolute atomic E-state index is 0.270. The molecule has 22 heavy (non-hydrogen) atoms. The molecular weight excluding hydrogens is 283 g/mol. The first kappa shape index (κ1) is 13.1. The zero-order chi connectivity index (χ0) is 14.9. The van der Waals surface area contributed by atoms with Gasteiger partial charge < -0.3 is 10.6 Å². The normalized spacial score (nSPS) is 21.3. The van der Waals surface area contributed by atoms with Crippen molar-refractivity contribution in [2.75, 3.05) is 18.4 Å². The van der Waals surface area contributed by atoms with Crippen molar-refractivity contribution in [2.45, 2.75) is 12.2 Å². The Morgan fingerprint density at radius 1 is 1.23 bits per heavy atom. The van der Waals surface area contributed by atoms with E-state index in [-0.39, 0.29) is 6.04 Å². The maximum Gasteiger partial charge on any atom is 0.145 e. The summed E-state index contributed by atoms with van der Waals surface area (Å²) in [6, 6.07) is 5.58. The molecule has 0 unspecified atom stereocenters. The van der Waals surface area contributed by atoms with Crippen LogP contribution in [0.15, 0.2) is 43.0 Å². The summed E-state index contributed by atoms with van der Waals surface area (Å²) in [6.07, 6.45) is 6.03. The van der Waals surface area contributed by atoms with Gasteiger partial charge in [-0.25, -0.2) is 13.9 Å². The number of halogens is 1. The number of alkyl halides is 1. The molecule has 112 valence electrons. The lowest BCUT2D eigenvalue weighted by atomic mass is 10.2. The highest BCUT2D eigenvalue weighted by atomic mass is 19.1. The minimum Gasteiger partial charge on any atom is -0.362 e. The maximum absolute atomic E-state index is 13.7. The molecule has 1 fully saturated rings. The largest absolute Gasteiger partial charge is 0.362 e. The van der Waals surface area contributed by atoms with Gasteiger partial charge in [-0.1, -0.05) is 6.07 Å². The van der Waals surface area contributed by atoms with E-state index in [2.05, 4.69) is 25.7 Å². The molecule has 0 aliphatic carbocycles. The van der Waals surface area contributed by atoms with Crippen LogP contribution in [0.4, 0.5) is 10.2 Å². The molecule has 4 heterocycles. The van der Waals surface area contributed by atoms with E-state index >= 15 is 0 Å². The van der Waals surface area contributed by atoms with Crippen molar-refractivity contribution in [2.24, 2.45) is 0 Å². The van der Waals surface area contributed by atoms with Crippen LogP contribution in [-0.2, 0) is 0 Å². The highest BCUT2D eigenvalue weighted by molar-refractivity contribution is 5.77. The van der Waals surface area contributed by atoms with Gasteiger partial charge in [0.05, 0.1) is 35.8 Å². The van der Waals surface area contributed by atoms with E-state index in [9.17, 15) is 4.39 Å². The van der Waals surface area contributed by atoms with Gasteiger partial charge in [-0.15, -0.1) is 0 Å². The first-order valence-corrected chi connectivity index (χ1v) is 7.17. The molecule has 0 saturated carbocycles. The van der Waals surface area contributed by atoms with Gasteiger partial charge in [0.2, 0.25) is 0 Å². The van der Waals surface area contributed by atoms with E-state index in [1.54, 1.807) is 23.1 Å². The van der Waals surface area contributed by atoms with E-state index in [0.29, 0.717) is 24.6 Å². The molecule has 0 bridgehead atoms. The molecular formula is C15H15FN6. The number of anilines is 1. The number of rotatable bonds is 3. The van der Waals surface area contributed by atoms with Gasteiger partial charge in [-0.05, 0) is 12.1 Å². The molecule has 0 spiro atoms. The third-order valence-electron chi connectivity index (χ3n) is 3.81. The van der Waals surface area contributed by atoms with E-state index in [1.165, 1.54) is 0 Å². The van der Waals surface area contributed by atoms with Crippen molar-refractivity contribution in [1.29, 1.82) is 0 Å². The van der Waals surface area contributed by atoms with E-state index in [4.69, 9.17) is 0 Å². The van der Waals surface area contributed by atoms with Gasteiger partial charge in [0.1, 0.15) is 12.0 Å². The van der Waals surface area contributed by atoms with Crippen molar-refractivity contribution in [1.82, 2.24) is 24.9 Å². The van der Waals surface area contributed by atoms with Crippen LogP contribution in [0.25, 0.3) is 16.8 Å². The Morgan fingerprint density at radius 3 is 3.05 bits per heavy atom. The third-order valence-corrected chi connectivity index (χ3v) is 3.81. The number of pyridine rings is 1. The maximum atomic E-state index is 13.7. The average molecular weight is 298 g/mol. The van der Waals surface area contributed by atoms with Gasteiger partial charge in [-0.2, -0.15) is 5.10 Å². The predicted molar refractivity (Wildman–Crippen MR) is 81.4 cm³/mol. The fourth-order valence-electron chi connectivity index (χ4n) is 2.68. The SMILES string of the molecule is F[C@H]1CNC[C@@H]1Nc1cncc(-c2cnn3ccccc23)n1. The van der Waals surface area contributed by atoms with Gasteiger partial charge in [-0.3, -0.25) is 4.98 Å². The molecule has 1 aliphatic heterocycles. The molecule has 6 nitrogen and oxygen atoms in total. The monoisotopic (exact) mass is 298 g/mol. The Labute approximate surface area is 126 Å². The summed E-state index contributed by atoms with van der Waals surface area (Å²) >= 11 is 0. The molecule has 2 atom stereocenters. The fourth-order valence-corrected chi connectivity index (χ4v) is 2.68. The summed E-state index contributed by atoms with van der Waals surface area (Å²) in [5.74, 6) is 0.573. The van der Waals surface area contributed by atoms with Crippen LogP contribution in [-0.4, -0.2) is 44.9 Å². The number of hydrogen-bond acceptors (Lipinski definition) is 5. The summed E-state index contributed by atoms with van der Waals surface area (Å²) in [7, 11) is 0. The zero-order valence-corrected chi connectivity index (χ0v) is 11.8. The van der Waals surface area contributed by atoms with Crippen molar-refractivity contribution in [3.8, 4) is 11.3 Å².